The number of hydrogen-bond donors (Lipinski definition) is 0. The average Bonchev–Trinajstić information content (AvgIpc) is 3.15. The third kappa shape index (κ3) is 1.44. The van der Waals surface area contributed by atoms with Gasteiger partial charge in [-0.25, -0.2) is 0 Å². The molecular weight excluding hydrogens is 316 g/mol. The third-order valence-corrected chi connectivity index (χ3v) is 5.97. The summed E-state index contributed by atoms with van der Waals surface area (Å²) in [5.74, 6) is 0.0650. The Kier molecular flexibility index (Phi) is 2.49. The molecule has 0 aliphatic heterocycles. The smallest absolute Gasteiger partial charge is 0.179 e. The maximum atomic E-state index is 12.1. The Balaban J connectivity index is 1.87. The van der Waals surface area contributed by atoms with Gasteiger partial charge in [-0.2, -0.15) is 0 Å². The molecule has 2 aliphatic carbocycles. The maximum Gasteiger partial charge on any atom is 0.179 e. The molecule has 121 valence electrons. The predicted molar refractivity (Wildman–Crippen MR) is 103 cm³/mol. The Bertz CT molecular complexity index is 1160. The first-order chi connectivity index (χ1) is 12.8. The molecular formula is C25H15O. The van der Waals surface area contributed by atoms with Crippen LogP contribution in [0.3, 0.4) is 0 Å². The Hall–Kier alpha value is -3.32. The van der Waals surface area contributed by atoms with Gasteiger partial charge in [0.15, 0.2) is 5.75 Å². The van der Waals surface area contributed by atoms with Crippen LogP contribution in [0.5, 0.6) is 5.75 Å². The van der Waals surface area contributed by atoms with E-state index in [0.29, 0.717) is 0 Å². The van der Waals surface area contributed by atoms with Crippen molar-refractivity contribution in [3.05, 3.63) is 113 Å². The number of hydrogen-bond acceptors (Lipinski definition) is 0. The molecule has 0 atom stereocenters. The first-order valence-electron chi connectivity index (χ1n) is 8.92. The molecule has 0 aromatic heterocycles. The van der Waals surface area contributed by atoms with E-state index in [9.17, 15) is 5.11 Å². The van der Waals surface area contributed by atoms with E-state index < -0.39 is 0 Å². The SMILES string of the molecule is [O]c1ccc2c(c1)-c1ccccc1C21c2ccccc2-c2ccccc21. The van der Waals surface area contributed by atoms with Gasteiger partial charge >= 0.3 is 0 Å². The zero-order valence-corrected chi connectivity index (χ0v) is 14.1. The van der Waals surface area contributed by atoms with Crippen molar-refractivity contribution in [2.45, 2.75) is 5.41 Å². The minimum Gasteiger partial charge on any atom is -0.290 e. The number of rotatable bonds is 0. The van der Waals surface area contributed by atoms with Crippen LogP contribution in [0.2, 0.25) is 0 Å². The van der Waals surface area contributed by atoms with E-state index in [2.05, 4.69) is 72.8 Å². The lowest BCUT2D eigenvalue weighted by atomic mass is 9.70. The molecule has 6 rings (SSSR count). The van der Waals surface area contributed by atoms with Crippen molar-refractivity contribution in [3.8, 4) is 28.0 Å². The summed E-state index contributed by atoms with van der Waals surface area (Å²) in [5, 5.41) is 12.1. The van der Waals surface area contributed by atoms with Gasteiger partial charge in [0.25, 0.3) is 0 Å². The molecule has 0 saturated heterocycles. The van der Waals surface area contributed by atoms with Gasteiger partial charge in [-0.15, -0.1) is 0 Å². The Labute approximate surface area is 152 Å². The van der Waals surface area contributed by atoms with Crippen LogP contribution in [0, 0.1) is 0 Å². The monoisotopic (exact) mass is 331 g/mol. The second-order valence-electron chi connectivity index (χ2n) is 7.09. The molecule has 1 heteroatoms. The van der Waals surface area contributed by atoms with E-state index in [-0.39, 0.29) is 11.2 Å². The molecule has 0 unspecified atom stereocenters. The summed E-state index contributed by atoms with van der Waals surface area (Å²) in [6.45, 7) is 0. The molecule has 1 nitrogen and oxygen atoms in total. The Morgan fingerprint density at radius 3 is 1.42 bits per heavy atom. The van der Waals surface area contributed by atoms with Crippen LogP contribution in [-0.4, -0.2) is 0 Å². The highest BCUT2D eigenvalue weighted by molar-refractivity contribution is 5.95. The van der Waals surface area contributed by atoms with Gasteiger partial charge in [-0.05, 0) is 56.6 Å². The highest BCUT2D eigenvalue weighted by Crippen LogP contribution is 2.62. The van der Waals surface area contributed by atoms with Gasteiger partial charge < -0.3 is 0 Å². The van der Waals surface area contributed by atoms with Crippen LogP contribution in [0.25, 0.3) is 22.3 Å². The molecule has 0 heterocycles. The van der Waals surface area contributed by atoms with E-state index in [4.69, 9.17) is 0 Å². The van der Waals surface area contributed by atoms with Crippen LogP contribution < -0.4 is 0 Å². The van der Waals surface area contributed by atoms with Crippen molar-refractivity contribution in [2.24, 2.45) is 0 Å². The van der Waals surface area contributed by atoms with Crippen molar-refractivity contribution in [2.75, 3.05) is 0 Å². The standard InChI is InChI=1S/C25H15O/c26-16-13-14-24-20(15-16)19-9-3-6-12-23(19)25(24)21-10-4-1-7-17(21)18-8-2-5-11-22(18)25/h1-15H. The molecule has 0 amide bonds. The maximum absolute atomic E-state index is 12.1. The first kappa shape index (κ1) is 13.9. The van der Waals surface area contributed by atoms with Crippen molar-refractivity contribution in [1.82, 2.24) is 0 Å². The Morgan fingerprint density at radius 2 is 0.885 bits per heavy atom. The van der Waals surface area contributed by atoms with E-state index >= 15 is 0 Å². The van der Waals surface area contributed by atoms with Crippen molar-refractivity contribution in [1.29, 1.82) is 0 Å². The summed E-state index contributed by atoms with van der Waals surface area (Å²) in [5.41, 5.74) is 9.61. The number of fused-ring (bicyclic) bond motifs is 10. The molecule has 26 heavy (non-hydrogen) atoms. The molecule has 0 saturated carbocycles. The second-order valence-corrected chi connectivity index (χ2v) is 7.09. The van der Waals surface area contributed by atoms with Crippen molar-refractivity contribution in [3.63, 3.8) is 0 Å². The van der Waals surface area contributed by atoms with Crippen LogP contribution in [0.4, 0.5) is 0 Å². The van der Waals surface area contributed by atoms with Gasteiger partial charge in [-0.1, -0.05) is 78.9 Å². The molecule has 0 bridgehead atoms. The zero-order valence-electron chi connectivity index (χ0n) is 14.1. The minimum atomic E-state index is -0.327. The summed E-state index contributed by atoms with van der Waals surface area (Å²) in [6, 6.07) is 31.4. The molecule has 1 spiro atoms. The lowest BCUT2D eigenvalue weighted by Gasteiger charge is -2.30. The second kappa shape index (κ2) is 4.64. The lowest BCUT2D eigenvalue weighted by molar-refractivity contribution is 0.355. The van der Waals surface area contributed by atoms with E-state index in [1.165, 1.54) is 38.9 Å². The van der Waals surface area contributed by atoms with Gasteiger partial charge in [0, 0.05) is 0 Å². The Morgan fingerprint density at radius 1 is 0.462 bits per heavy atom. The zero-order chi connectivity index (χ0) is 17.3. The fourth-order valence-electron chi connectivity index (χ4n) is 5.08. The fourth-order valence-corrected chi connectivity index (χ4v) is 5.08. The normalized spacial score (nSPS) is 14.6. The summed E-state index contributed by atoms with van der Waals surface area (Å²) >= 11 is 0. The predicted octanol–water partition coefficient (Wildman–Crippen LogP) is 6.17. The van der Waals surface area contributed by atoms with Crippen LogP contribution in [-0.2, 0) is 10.5 Å². The van der Waals surface area contributed by atoms with Gasteiger partial charge in [0.2, 0.25) is 0 Å². The summed E-state index contributed by atoms with van der Waals surface area (Å²) in [6.07, 6.45) is 0. The lowest BCUT2D eigenvalue weighted by Crippen LogP contribution is -2.25. The highest BCUT2D eigenvalue weighted by atomic mass is 16.3. The molecule has 4 aromatic rings. The van der Waals surface area contributed by atoms with E-state index in [0.717, 1.165) is 5.56 Å². The van der Waals surface area contributed by atoms with Crippen molar-refractivity contribution < 1.29 is 5.11 Å². The third-order valence-electron chi connectivity index (χ3n) is 5.97. The summed E-state index contributed by atoms with van der Waals surface area (Å²) < 4.78 is 0. The van der Waals surface area contributed by atoms with E-state index in [1.807, 2.05) is 6.07 Å². The van der Waals surface area contributed by atoms with Crippen LogP contribution in [0.1, 0.15) is 22.3 Å². The molecule has 1 radical (unpaired) electrons. The minimum absolute atomic E-state index is 0.0650. The quantitative estimate of drug-likeness (QED) is 0.317. The molecule has 4 aromatic carbocycles. The topological polar surface area (TPSA) is 19.9 Å². The highest BCUT2D eigenvalue weighted by Gasteiger charge is 2.51. The fraction of sp³-hybridized carbons (Fsp3) is 0.0400. The summed E-state index contributed by atoms with van der Waals surface area (Å²) in [4.78, 5) is 0. The largest absolute Gasteiger partial charge is 0.290 e. The van der Waals surface area contributed by atoms with Gasteiger partial charge in [0.05, 0.1) is 5.41 Å². The molecule has 0 N–H and O–H groups in total. The van der Waals surface area contributed by atoms with E-state index in [1.54, 1.807) is 12.1 Å². The van der Waals surface area contributed by atoms with Crippen molar-refractivity contribution >= 4 is 0 Å². The van der Waals surface area contributed by atoms with Crippen LogP contribution in [0.15, 0.2) is 91.0 Å². The van der Waals surface area contributed by atoms with Crippen LogP contribution >= 0.6 is 0 Å². The molecule has 2 aliphatic rings. The first-order valence-corrected chi connectivity index (χ1v) is 8.92. The van der Waals surface area contributed by atoms with Gasteiger partial charge in [-0.3, -0.25) is 5.11 Å². The average molecular weight is 331 g/mol. The summed E-state index contributed by atoms with van der Waals surface area (Å²) in [7, 11) is 0. The van der Waals surface area contributed by atoms with Gasteiger partial charge in [0.1, 0.15) is 0 Å². The molecule has 0 fully saturated rings. The number of benzene rings is 4.